The molecule has 1 saturated heterocycles. The van der Waals surface area contributed by atoms with Gasteiger partial charge in [0.15, 0.2) is 0 Å². The van der Waals surface area contributed by atoms with Gasteiger partial charge in [-0.05, 0) is 74.0 Å². The Morgan fingerprint density at radius 1 is 1.04 bits per heavy atom. The van der Waals surface area contributed by atoms with Gasteiger partial charge in [-0.1, -0.05) is 23.7 Å². The third-order valence-electron chi connectivity index (χ3n) is 7.09. The molecule has 5 fully saturated rings. The number of carbonyl (C=O) groups excluding carboxylic acids is 1. The van der Waals surface area contributed by atoms with Crippen LogP contribution in [0.15, 0.2) is 24.3 Å². The molecule has 1 atom stereocenters. The van der Waals surface area contributed by atoms with Gasteiger partial charge < -0.3 is 9.64 Å². The van der Waals surface area contributed by atoms with E-state index < -0.39 is 0 Å². The van der Waals surface area contributed by atoms with Gasteiger partial charge in [0.05, 0.1) is 18.6 Å². The standard InChI is InChI=1S/C21H26ClNO2/c22-18-3-1-17(2-4-18)19-13-23(5-6-25-19)20(24)21-10-14-7-15(11-21)9-16(8-14)12-21/h1-4,14-16,19H,5-13H2. The smallest absolute Gasteiger partial charge is 0.228 e. The summed E-state index contributed by atoms with van der Waals surface area (Å²) in [6.07, 6.45) is 7.53. The number of hydrogen-bond acceptors (Lipinski definition) is 2. The van der Waals surface area contributed by atoms with Crippen LogP contribution in [0.5, 0.6) is 0 Å². The molecule has 0 radical (unpaired) electrons. The molecule has 6 rings (SSSR count). The van der Waals surface area contributed by atoms with Gasteiger partial charge >= 0.3 is 0 Å². The first kappa shape index (κ1) is 16.1. The van der Waals surface area contributed by atoms with Crippen LogP contribution in [0.3, 0.4) is 0 Å². The Hall–Kier alpha value is -1.06. The number of morpholine rings is 1. The second-order valence-electron chi connectivity index (χ2n) is 8.86. The maximum atomic E-state index is 13.5. The van der Waals surface area contributed by atoms with Crippen LogP contribution in [0.25, 0.3) is 0 Å². The summed E-state index contributed by atoms with van der Waals surface area (Å²) in [5.41, 5.74) is 1.07. The molecule has 1 aliphatic heterocycles. The molecule has 1 heterocycles. The molecule has 4 saturated carbocycles. The number of halogens is 1. The molecule has 4 bridgehead atoms. The van der Waals surface area contributed by atoms with Gasteiger partial charge in [0.2, 0.25) is 5.91 Å². The lowest BCUT2D eigenvalue weighted by Crippen LogP contribution is -2.56. The Bertz CT molecular complexity index is 636. The molecule has 5 aliphatic rings. The van der Waals surface area contributed by atoms with Gasteiger partial charge in [-0.25, -0.2) is 0 Å². The van der Waals surface area contributed by atoms with Crippen molar-refractivity contribution >= 4 is 17.5 Å². The van der Waals surface area contributed by atoms with Crippen LogP contribution in [-0.2, 0) is 9.53 Å². The van der Waals surface area contributed by atoms with Crippen LogP contribution in [-0.4, -0.2) is 30.5 Å². The fraction of sp³-hybridized carbons (Fsp3) is 0.667. The molecular weight excluding hydrogens is 334 g/mol. The molecule has 0 aromatic heterocycles. The number of nitrogens with zero attached hydrogens (tertiary/aromatic N) is 1. The molecule has 1 aromatic rings. The van der Waals surface area contributed by atoms with Crippen molar-refractivity contribution < 1.29 is 9.53 Å². The van der Waals surface area contributed by atoms with Gasteiger partial charge in [0.1, 0.15) is 6.10 Å². The number of carbonyl (C=O) groups is 1. The predicted molar refractivity (Wildman–Crippen MR) is 97.3 cm³/mol. The minimum Gasteiger partial charge on any atom is -0.370 e. The van der Waals surface area contributed by atoms with E-state index in [1.807, 2.05) is 24.3 Å². The van der Waals surface area contributed by atoms with Crippen LogP contribution in [0.1, 0.15) is 50.2 Å². The zero-order valence-corrected chi connectivity index (χ0v) is 15.4. The number of hydrogen-bond donors (Lipinski definition) is 0. The maximum absolute atomic E-state index is 13.5. The lowest BCUT2D eigenvalue weighted by molar-refractivity contribution is -0.164. The van der Waals surface area contributed by atoms with Gasteiger partial charge in [-0.15, -0.1) is 0 Å². The van der Waals surface area contributed by atoms with Crippen molar-refractivity contribution in [2.75, 3.05) is 19.7 Å². The van der Waals surface area contributed by atoms with E-state index in [1.54, 1.807) is 0 Å². The first-order valence-electron chi connectivity index (χ1n) is 9.78. The van der Waals surface area contributed by atoms with Gasteiger partial charge in [-0.3, -0.25) is 4.79 Å². The quantitative estimate of drug-likeness (QED) is 0.780. The summed E-state index contributed by atoms with van der Waals surface area (Å²) in [5.74, 6) is 2.85. The Labute approximate surface area is 154 Å². The first-order valence-corrected chi connectivity index (χ1v) is 10.2. The van der Waals surface area contributed by atoms with E-state index in [2.05, 4.69) is 4.90 Å². The zero-order chi connectivity index (χ0) is 17.0. The van der Waals surface area contributed by atoms with Crippen LogP contribution >= 0.6 is 11.6 Å². The van der Waals surface area contributed by atoms with Crippen LogP contribution in [0.4, 0.5) is 0 Å². The molecule has 4 aliphatic carbocycles. The van der Waals surface area contributed by atoms with Crippen molar-refractivity contribution in [2.45, 2.75) is 44.6 Å². The lowest BCUT2D eigenvalue weighted by atomic mass is 9.49. The predicted octanol–water partition coefficient (Wildman–Crippen LogP) is 4.46. The topological polar surface area (TPSA) is 29.5 Å². The van der Waals surface area contributed by atoms with E-state index in [0.29, 0.717) is 19.1 Å². The van der Waals surface area contributed by atoms with Crippen LogP contribution in [0, 0.1) is 23.2 Å². The van der Waals surface area contributed by atoms with Crippen molar-refractivity contribution in [2.24, 2.45) is 23.2 Å². The van der Waals surface area contributed by atoms with Gasteiger partial charge in [-0.2, -0.15) is 0 Å². The molecule has 0 N–H and O–H groups in total. The Kier molecular flexibility index (Phi) is 3.87. The average Bonchev–Trinajstić information content (AvgIpc) is 2.61. The summed E-state index contributed by atoms with van der Waals surface area (Å²) in [7, 11) is 0. The molecule has 3 nitrogen and oxygen atoms in total. The van der Waals surface area contributed by atoms with Crippen LogP contribution < -0.4 is 0 Å². The highest BCUT2D eigenvalue weighted by atomic mass is 35.5. The van der Waals surface area contributed by atoms with Gasteiger partial charge in [0.25, 0.3) is 0 Å². The Morgan fingerprint density at radius 3 is 2.24 bits per heavy atom. The summed E-state index contributed by atoms with van der Waals surface area (Å²) >= 11 is 6.00. The van der Waals surface area contributed by atoms with Crippen molar-refractivity contribution in [1.29, 1.82) is 0 Å². The summed E-state index contributed by atoms with van der Waals surface area (Å²) in [6.45, 7) is 2.05. The number of rotatable bonds is 2. The molecular formula is C21H26ClNO2. The minimum atomic E-state index is -0.0450. The molecule has 4 heteroatoms. The van der Waals surface area contributed by atoms with E-state index in [1.165, 1.54) is 19.3 Å². The molecule has 1 amide bonds. The van der Waals surface area contributed by atoms with Crippen molar-refractivity contribution in [1.82, 2.24) is 4.90 Å². The number of amides is 1. The second kappa shape index (κ2) is 5.99. The summed E-state index contributed by atoms with van der Waals surface area (Å²) in [4.78, 5) is 15.6. The summed E-state index contributed by atoms with van der Waals surface area (Å²) < 4.78 is 5.97. The Morgan fingerprint density at radius 2 is 1.64 bits per heavy atom. The monoisotopic (exact) mass is 359 g/mol. The first-order chi connectivity index (χ1) is 12.1. The highest BCUT2D eigenvalue weighted by molar-refractivity contribution is 6.30. The van der Waals surface area contributed by atoms with E-state index in [9.17, 15) is 4.79 Å². The molecule has 0 spiro atoms. The molecule has 134 valence electrons. The zero-order valence-electron chi connectivity index (χ0n) is 14.6. The van der Waals surface area contributed by atoms with Crippen molar-refractivity contribution in [3.63, 3.8) is 0 Å². The Balaban J connectivity index is 1.34. The van der Waals surface area contributed by atoms with E-state index >= 15 is 0 Å². The largest absolute Gasteiger partial charge is 0.370 e. The van der Waals surface area contributed by atoms with E-state index in [4.69, 9.17) is 16.3 Å². The number of ether oxygens (including phenoxy) is 1. The summed E-state index contributed by atoms with van der Waals surface area (Å²) in [6, 6.07) is 7.84. The molecule has 25 heavy (non-hydrogen) atoms. The van der Waals surface area contributed by atoms with E-state index in [-0.39, 0.29) is 11.5 Å². The normalized spacial score (nSPS) is 39.6. The van der Waals surface area contributed by atoms with Gasteiger partial charge in [0, 0.05) is 11.6 Å². The number of benzene rings is 1. The van der Waals surface area contributed by atoms with Crippen molar-refractivity contribution in [3.8, 4) is 0 Å². The fourth-order valence-corrected chi connectivity index (χ4v) is 6.55. The van der Waals surface area contributed by atoms with E-state index in [0.717, 1.165) is 54.1 Å². The average molecular weight is 360 g/mol. The van der Waals surface area contributed by atoms with Crippen molar-refractivity contribution in [3.05, 3.63) is 34.9 Å². The molecule has 1 aromatic carbocycles. The minimum absolute atomic E-state index is 0.0242. The third kappa shape index (κ3) is 2.80. The lowest BCUT2D eigenvalue weighted by Gasteiger charge is -2.57. The van der Waals surface area contributed by atoms with Crippen LogP contribution in [0.2, 0.25) is 5.02 Å². The highest BCUT2D eigenvalue weighted by Gasteiger charge is 2.55. The maximum Gasteiger partial charge on any atom is 0.228 e. The SMILES string of the molecule is O=C(N1CCOC(c2ccc(Cl)cc2)C1)C12CC3CC(CC(C3)C1)C2. The highest BCUT2D eigenvalue weighted by Crippen LogP contribution is 2.60. The summed E-state index contributed by atoms with van der Waals surface area (Å²) in [5, 5.41) is 0.737. The molecule has 1 unspecified atom stereocenters. The second-order valence-corrected chi connectivity index (χ2v) is 9.30. The fourth-order valence-electron chi connectivity index (χ4n) is 6.42. The third-order valence-corrected chi connectivity index (χ3v) is 7.34.